The van der Waals surface area contributed by atoms with Crippen LogP contribution in [0, 0.1) is 0 Å². The Balaban J connectivity index is 3.50. The van der Waals surface area contributed by atoms with Crippen LogP contribution in [0.5, 0.6) is 0 Å². The lowest BCUT2D eigenvalue weighted by Gasteiger charge is -2.09. The van der Waals surface area contributed by atoms with E-state index < -0.39 is 10.4 Å². The van der Waals surface area contributed by atoms with Gasteiger partial charge in [0.05, 0.1) is 0 Å². The summed E-state index contributed by atoms with van der Waals surface area (Å²) in [5.74, 6) is 0. The highest BCUT2D eigenvalue weighted by Crippen LogP contribution is 2.16. The summed E-state index contributed by atoms with van der Waals surface area (Å²) in [6, 6.07) is 0. The summed E-state index contributed by atoms with van der Waals surface area (Å²) in [7, 11) is 0. The van der Waals surface area contributed by atoms with Crippen molar-refractivity contribution in [3.8, 4) is 0 Å². The quantitative estimate of drug-likeness (QED) is 0.408. The van der Waals surface area contributed by atoms with Gasteiger partial charge in [0.25, 0.3) is 4.51 Å². The fourth-order valence-corrected chi connectivity index (χ4v) is 0.630. The van der Waals surface area contributed by atoms with Gasteiger partial charge < -0.3 is 4.74 Å². The van der Waals surface area contributed by atoms with Crippen molar-refractivity contribution in [2.24, 2.45) is 0 Å². The molecule has 0 amide bonds. The number of hydrogen-bond acceptors (Lipinski definition) is 2. The van der Waals surface area contributed by atoms with Crippen molar-refractivity contribution >= 4 is 63.1 Å². The summed E-state index contributed by atoms with van der Waals surface area (Å²) in [5, 5.41) is 0. The minimum absolute atomic E-state index is 0.193. The smallest absolute Gasteiger partial charge is 0.257 e. The minimum atomic E-state index is -0.877. The van der Waals surface area contributed by atoms with E-state index in [2.05, 4.69) is 17.0 Å². The molecule has 0 radical (unpaired) electrons. The molecule has 0 aromatic heterocycles. The SMILES string of the molecule is S=C(Cl)OC(Cl)C(Cl)Cl. The lowest BCUT2D eigenvalue weighted by molar-refractivity contribution is 0.297. The molecule has 0 heterocycles. The summed E-state index contributed by atoms with van der Waals surface area (Å²) in [4.78, 5) is -0.830. The van der Waals surface area contributed by atoms with Gasteiger partial charge in [-0.2, -0.15) is 0 Å². The van der Waals surface area contributed by atoms with Crippen LogP contribution in [0.1, 0.15) is 0 Å². The number of ether oxygens (including phenoxy) is 1. The van der Waals surface area contributed by atoms with E-state index in [1.165, 1.54) is 0 Å². The Labute approximate surface area is 78.2 Å². The monoisotopic (exact) mass is 226 g/mol. The standard InChI is InChI=1S/C3H2Cl4OS/c4-1(5)2(6)8-3(7)9/h1-2H. The van der Waals surface area contributed by atoms with Crippen molar-refractivity contribution in [1.82, 2.24) is 0 Å². The molecule has 0 fully saturated rings. The minimum Gasteiger partial charge on any atom is -0.452 e. The molecular weight excluding hydrogens is 226 g/mol. The van der Waals surface area contributed by atoms with Crippen molar-refractivity contribution in [3.05, 3.63) is 0 Å². The van der Waals surface area contributed by atoms with E-state index in [-0.39, 0.29) is 4.51 Å². The van der Waals surface area contributed by atoms with Gasteiger partial charge in [-0.3, -0.25) is 0 Å². The molecule has 0 N–H and O–H groups in total. The number of rotatable bonds is 2. The Kier molecular flexibility index (Phi) is 5.36. The molecule has 0 saturated heterocycles. The van der Waals surface area contributed by atoms with Gasteiger partial charge in [-0.15, -0.1) is 0 Å². The van der Waals surface area contributed by atoms with Crippen molar-refractivity contribution in [2.45, 2.75) is 10.4 Å². The maximum Gasteiger partial charge on any atom is 0.257 e. The van der Waals surface area contributed by atoms with E-state index in [9.17, 15) is 0 Å². The third kappa shape index (κ3) is 5.49. The first kappa shape index (κ1) is 10.0. The molecule has 9 heavy (non-hydrogen) atoms. The Morgan fingerprint density at radius 1 is 1.33 bits per heavy atom. The summed E-state index contributed by atoms with van der Waals surface area (Å²) in [6.07, 6.45) is 0. The highest BCUT2D eigenvalue weighted by Gasteiger charge is 2.15. The maximum atomic E-state index is 5.35. The molecule has 54 valence electrons. The van der Waals surface area contributed by atoms with E-state index in [1.54, 1.807) is 0 Å². The second kappa shape index (κ2) is 4.80. The Morgan fingerprint density at radius 2 is 1.78 bits per heavy atom. The third-order valence-electron chi connectivity index (χ3n) is 0.403. The summed E-state index contributed by atoms with van der Waals surface area (Å²) < 4.78 is 4.32. The fourth-order valence-electron chi connectivity index (χ4n) is 0.140. The van der Waals surface area contributed by atoms with E-state index >= 15 is 0 Å². The molecule has 0 aliphatic heterocycles. The van der Waals surface area contributed by atoms with Crippen LogP contribution in [0.4, 0.5) is 0 Å². The highest BCUT2D eigenvalue weighted by molar-refractivity contribution is 7.82. The van der Waals surface area contributed by atoms with Gasteiger partial charge in [-0.05, 0) is 23.8 Å². The molecule has 0 rings (SSSR count). The molecule has 6 heteroatoms. The average Bonchev–Trinajstić information content (AvgIpc) is 1.63. The third-order valence-corrected chi connectivity index (χ3v) is 1.65. The largest absolute Gasteiger partial charge is 0.452 e. The molecule has 0 spiro atoms. The summed E-state index contributed by atoms with van der Waals surface area (Å²) in [5.41, 5.74) is -0.877. The Bertz CT molecular complexity index is 106. The van der Waals surface area contributed by atoms with Crippen molar-refractivity contribution in [3.63, 3.8) is 0 Å². The second-order valence-electron chi connectivity index (χ2n) is 1.04. The van der Waals surface area contributed by atoms with E-state index in [0.29, 0.717) is 0 Å². The number of thiocarbonyl (C=S) groups is 1. The van der Waals surface area contributed by atoms with Gasteiger partial charge in [0.1, 0.15) is 0 Å². The number of hydrogen-bond donors (Lipinski definition) is 0. The zero-order chi connectivity index (χ0) is 7.44. The first-order valence-corrected chi connectivity index (χ1v) is 3.92. The second-order valence-corrected chi connectivity index (χ2v) is 3.57. The molecule has 0 aliphatic rings. The molecule has 1 unspecified atom stereocenters. The number of alkyl halides is 3. The van der Waals surface area contributed by atoms with Crippen LogP contribution >= 0.6 is 58.6 Å². The molecule has 0 bridgehead atoms. The van der Waals surface area contributed by atoms with Gasteiger partial charge in [0, 0.05) is 0 Å². The van der Waals surface area contributed by atoms with Gasteiger partial charge in [-0.25, -0.2) is 0 Å². The lowest BCUT2D eigenvalue weighted by Crippen LogP contribution is -2.14. The summed E-state index contributed by atoms with van der Waals surface area (Å²) >= 11 is 25.3. The fraction of sp³-hybridized carbons (Fsp3) is 0.667. The van der Waals surface area contributed by atoms with E-state index in [4.69, 9.17) is 46.4 Å². The van der Waals surface area contributed by atoms with Crippen LogP contribution in [0.15, 0.2) is 0 Å². The van der Waals surface area contributed by atoms with Gasteiger partial charge in [0.2, 0.25) is 5.56 Å². The first-order chi connectivity index (χ1) is 4.04. The van der Waals surface area contributed by atoms with Crippen LogP contribution < -0.4 is 0 Å². The van der Waals surface area contributed by atoms with Crippen molar-refractivity contribution < 1.29 is 4.74 Å². The molecule has 0 aliphatic carbocycles. The molecule has 0 saturated carbocycles. The van der Waals surface area contributed by atoms with Gasteiger partial charge in [-0.1, -0.05) is 34.8 Å². The highest BCUT2D eigenvalue weighted by atomic mass is 35.5. The molecular formula is C3H2Cl4OS. The topological polar surface area (TPSA) is 9.23 Å². The molecule has 0 aromatic rings. The normalized spacial score (nSPS) is 13.4. The van der Waals surface area contributed by atoms with Crippen LogP contribution in [0.3, 0.4) is 0 Å². The molecule has 1 nitrogen and oxygen atoms in total. The zero-order valence-electron chi connectivity index (χ0n) is 3.98. The van der Waals surface area contributed by atoms with Crippen LogP contribution in [0.2, 0.25) is 0 Å². The van der Waals surface area contributed by atoms with Crippen LogP contribution in [-0.4, -0.2) is 14.9 Å². The molecule has 0 aromatic carbocycles. The Hall–Kier alpha value is 1.05. The first-order valence-electron chi connectivity index (χ1n) is 1.82. The van der Waals surface area contributed by atoms with Crippen molar-refractivity contribution in [2.75, 3.05) is 0 Å². The predicted molar refractivity (Wildman–Crippen MR) is 44.7 cm³/mol. The van der Waals surface area contributed by atoms with Gasteiger partial charge >= 0.3 is 0 Å². The van der Waals surface area contributed by atoms with Crippen LogP contribution in [0.25, 0.3) is 0 Å². The molecule has 1 atom stereocenters. The maximum absolute atomic E-state index is 5.35. The van der Waals surface area contributed by atoms with Gasteiger partial charge in [0.15, 0.2) is 4.84 Å². The van der Waals surface area contributed by atoms with Crippen molar-refractivity contribution in [1.29, 1.82) is 0 Å². The zero-order valence-corrected chi connectivity index (χ0v) is 7.82. The predicted octanol–water partition coefficient (Wildman–Crippen LogP) is 2.90. The summed E-state index contributed by atoms with van der Waals surface area (Å²) in [6.45, 7) is 0. The van der Waals surface area contributed by atoms with Crippen LogP contribution in [-0.2, 0) is 4.74 Å². The van der Waals surface area contributed by atoms with E-state index in [1.807, 2.05) is 0 Å². The lowest BCUT2D eigenvalue weighted by atomic mass is 10.8. The Morgan fingerprint density at radius 3 is 1.89 bits per heavy atom. The number of halogens is 4. The average molecular weight is 228 g/mol. The van der Waals surface area contributed by atoms with E-state index in [0.717, 1.165) is 0 Å².